The highest BCUT2D eigenvalue weighted by atomic mass is 16.5. The number of aromatic nitrogens is 1. The van der Waals surface area contributed by atoms with Crippen LogP contribution in [0.15, 0.2) is 24.4 Å². The highest BCUT2D eigenvalue weighted by molar-refractivity contribution is 5.11. The van der Waals surface area contributed by atoms with Crippen LogP contribution in [0.3, 0.4) is 0 Å². The second kappa shape index (κ2) is 4.38. The van der Waals surface area contributed by atoms with Gasteiger partial charge in [0.1, 0.15) is 5.60 Å². The third kappa shape index (κ3) is 2.28. The molecule has 1 aromatic rings. The first-order chi connectivity index (χ1) is 6.23. The molecular weight excluding hydrogens is 162 g/mol. The third-order valence-corrected chi connectivity index (χ3v) is 2.34. The van der Waals surface area contributed by atoms with E-state index in [0.29, 0.717) is 0 Å². The molecule has 0 N–H and O–H groups in total. The summed E-state index contributed by atoms with van der Waals surface area (Å²) in [6.45, 7) is 6.93. The minimum absolute atomic E-state index is 0.226. The molecule has 2 heteroatoms. The Hall–Kier alpha value is -0.890. The summed E-state index contributed by atoms with van der Waals surface area (Å²) in [7, 11) is 0. The molecule has 0 aliphatic heterocycles. The Morgan fingerprint density at radius 1 is 1.38 bits per heavy atom. The maximum Gasteiger partial charge on any atom is 0.107 e. The van der Waals surface area contributed by atoms with Gasteiger partial charge < -0.3 is 4.74 Å². The maximum absolute atomic E-state index is 5.70. The molecule has 0 bridgehead atoms. The average molecular weight is 179 g/mol. The topological polar surface area (TPSA) is 22.1 Å². The smallest absolute Gasteiger partial charge is 0.107 e. The van der Waals surface area contributed by atoms with E-state index in [0.717, 1.165) is 18.7 Å². The minimum atomic E-state index is -0.226. The Kier molecular flexibility index (Phi) is 3.43. The van der Waals surface area contributed by atoms with Crippen molar-refractivity contribution in [2.45, 2.75) is 32.8 Å². The SMILES string of the molecule is CCOC(C)(CC)c1ccccn1. The number of ether oxygens (including phenoxy) is 1. The predicted molar refractivity (Wildman–Crippen MR) is 53.5 cm³/mol. The summed E-state index contributed by atoms with van der Waals surface area (Å²) in [4.78, 5) is 4.32. The second-order valence-corrected chi connectivity index (χ2v) is 3.23. The summed E-state index contributed by atoms with van der Waals surface area (Å²) in [5, 5.41) is 0. The van der Waals surface area contributed by atoms with Gasteiger partial charge in [0.05, 0.1) is 5.69 Å². The summed E-state index contributed by atoms with van der Waals surface area (Å²) in [6.07, 6.45) is 2.75. The molecule has 1 unspecified atom stereocenters. The van der Waals surface area contributed by atoms with Crippen LogP contribution in [0.1, 0.15) is 32.9 Å². The monoisotopic (exact) mass is 179 g/mol. The largest absolute Gasteiger partial charge is 0.369 e. The predicted octanol–water partition coefficient (Wildman–Crippen LogP) is 2.74. The van der Waals surface area contributed by atoms with Crippen molar-refractivity contribution >= 4 is 0 Å². The first-order valence-corrected chi connectivity index (χ1v) is 4.78. The van der Waals surface area contributed by atoms with E-state index in [-0.39, 0.29) is 5.60 Å². The van der Waals surface area contributed by atoms with E-state index < -0.39 is 0 Å². The molecule has 0 saturated heterocycles. The van der Waals surface area contributed by atoms with Crippen molar-refractivity contribution in [2.24, 2.45) is 0 Å². The van der Waals surface area contributed by atoms with E-state index in [1.54, 1.807) is 0 Å². The van der Waals surface area contributed by atoms with Crippen molar-refractivity contribution < 1.29 is 4.74 Å². The van der Waals surface area contributed by atoms with Gasteiger partial charge in [-0.2, -0.15) is 0 Å². The van der Waals surface area contributed by atoms with Crippen molar-refractivity contribution in [1.29, 1.82) is 0 Å². The van der Waals surface area contributed by atoms with Gasteiger partial charge in [0.2, 0.25) is 0 Å². The summed E-state index contributed by atoms with van der Waals surface area (Å²) in [5.74, 6) is 0. The van der Waals surface area contributed by atoms with E-state index >= 15 is 0 Å². The molecule has 0 fully saturated rings. The van der Waals surface area contributed by atoms with E-state index in [1.165, 1.54) is 0 Å². The number of nitrogens with zero attached hydrogens (tertiary/aromatic N) is 1. The third-order valence-electron chi connectivity index (χ3n) is 2.34. The highest BCUT2D eigenvalue weighted by Crippen LogP contribution is 2.26. The van der Waals surface area contributed by atoms with Crippen molar-refractivity contribution in [3.8, 4) is 0 Å². The summed E-state index contributed by atoms with van der Waals surface area (Å²) >= 11 is 0. The first-order valence-electron chi connectivity index (χ1n) is 4.78. The zero-order valence-corrected chi connectivity index (χ0v) is 8.58. The fraction of sp³-hybridized carbons (Fsp3) is 0.545. The molecule has 13 heavy (non-hydrogen) atoms. The molecule has 0 aromatic carbocycles. The Morgan fingerprint density at radius 3 is 2.62 bits per heavy atom. The van der Waals surface area contributed by atoms with Crippen LogP contribution >= 0.6 is 0 Å². The molecule has 1 heterocycles. The fourth-order valence-electron chi connectivity index (χ4n) is 1.35. The Bertz CT molecular complexity index is 248. The van der Waals surface area contributed by atoms with Crippen LogP contribution in [0.25, 0.3) is 0 Å². The Labute approximate surface area is 80.0 Å². The average Bonchev–Trinajstić information content (AvgIpc) is 2.19. The van der Waals surface area contributed by atoms with Crippen molar-refractivity contribution in [3.05, 3.63) is 30.1 Å². The van der Waals surface area contributed by atoms with Crippen LogP contribution in [-0.2, 0) is 10.3 Å². The number of hydrogen-bond acceptors (Lipinski definition) is 2. The van der Waals surface area contributed by atoms with Crippen molar-refractivity contribution in [1.82, 2.24) is 4.98 Å². The number of hydrogen-bond donors (Lipinski definition) is 0. The van der Waals surface area contributed by atoms with E-state index in [4.69, 9.17) is 4.74 Å². The van der Waals surface area contributed by atoms with Crippen LogP contribution in [0, 0.1) is 0 Å². The van der Waals surface area contributed by atoms with Gasteiger partial charge in [0.15, 0.2) is 0 Å². The molecule has 0 spiro atoms. The molecule has 0 aliphatic carbocycles. The van der Waals surface area contributed by atoms with Crippen LogP contribution in [-0.4, -0.2) is 11.6 Å². The molecule has 0 radical (unpaired) electrons. The molecule has 1 atom stereocenters. The molecule has 1 rings (SSSR count). The lowest BCUT2D eigenvalue weighted by Gasteiger charge is -2.27. The normalized spacial score (nSPS) is 15.3. The summed E-state index contributed by atoms with van der Waals surface area (Å²) in [6, 6.07) is 5.93. The van der Waals surface area contributed by atoms with Gasteiger partial charge in [-0.1, -0.05) is 13.0 Å². The van der Waals surface area contributed by atoms with Gasteiger partial charge in [-0.25, -0.2) is 0 Å². The zero-order valence-electron chi connectivity index (χ0n) is 8.58. The number of pyridine rings is 1. The fourth-order valence-corrected chi connectivity index (χ4v) is 1.35. The summed E-state index contributed by atoms with van der Waals surface area (Å²) in [5.41, 5.74) is 0.787. The minimum Gasteiger partial charge on any atom is -0.369 e. The van der Waals surface area contributed by atoms with E-state index in [9.17, 15) is 0 Å². The van der Waals surface area contributed by atoms with Crippen molar-refractivity contribution in [3.63, 3.8) is 0 Å². The van der Waals surface area contributed by atoms with E-state index in [2.05, 4.69) is 18.8 Å². The van der Waals surface area contributed by atoms with Crippen molar-refractivity contribution in [2.75, 3.05) is 6.61 Å². The van der Waals surface area contributed by atoms with Crippen LogP contribution in [0.5, 0.6) is 0 Å². The Morgan fingerprint density at radius 2 is 2.15 bits per heavy atom. The lowest BCUT2D eigenvalue weighted by Crippen LogP contribution is -2.26. The molecule has 0 aliphatic rings. The molecule has 1 aromatic heterocycles. The van der Waals surface area contributed by atoms with Gasteiger partial charge in [-0.3, -0.25) is 4.98 Å². The molecule has 2 nitrogen and oxygen atoms in total. The highest BCUT2D eigenvalue weighted by Gasteiger charge is 2.25. The Balaban J connectivity index is 2.89. The van der Waals surface area contributed by atoms with Gasteiger partial charge >= 0.3 is 0 Å². The van der Waals surface area contributed by atoms with Crippen LogP contribution < -0.4 is 0 Å². The molecule has 72 valence electrons. The number of rotatable bonds is 4. The lowest BCUT2D eigenvalue weighted by molar-refractivity contribution is -0.0355. The van der Waals surface area contributed by atoms with Crippen LogP contribution in [0.4, 0.5) is 0 Å². The van der Waals surface area contributed by atoms with Gasteiger partial charge in [0, 0.05) is 12.8 Å². The quantitative estimate of drug-likeness (QED) is 0.709. The first kappa shape index (κ1) is 10.2. The maximum atomic E-state index is 5.70. The molecular formula is C11H17NO. The van der Waals surface area contributed by atoms with Gasteiger partial charge in [0.25, 0.3) is 0 Å². The molecule has 0 saturated carbocycles. The summed E-state index contributed by atoms with van der Waals surface area (Å²) < 4.78 is 5.70. The van der Waals surface area contributed by atoms with Gasteiger partial charge in [-0.05, 0) is 32.4 Å². The second-order valence-electron chi connectivity index (χ2n) is 3.23. The van der Waals surface area contributed by atoms with E-state index in [1.807, 2.05) is 31.3 Å². The van der Waals surface area contributed by atoms with Crippen LogP contribution in [0.2, 0.25) is 0 Å². The standard InChI is InChI=1S/C11H17NO/c1-4-11(3,13-5-2)10-8-6-7-9-12-10/h6-9H,4-5H2,1-3H3. The molecule has 0 amide bonds. The lowest BCUT2D eigenvalue weighted by atomic mass is 9.98. The van der Waals surface area contributed by atoms with Gasteiger partial charge in [-0.15, -0.1) is 0 Å². The zero-order chi connectivity index (χ0) is 9.73.